The average Bonchev–Trinajstić information content (AvgIpc) is 3.31. The van der Waals surface area contributed by atoms with Crippen molar-refractivity contribution in [1.82, 2.24) is 20.2 Å². The molecule has 1 saturated heterocycles. The minimum absolute atomic E-state index is 0.0646. The lowest BCUT2D eigenvalue weighted by molar-refractivity contribution is -0.122. The number of nitrogens with one attached hydrogen (secondary N) is 2. The number of thioether (sulfide) groups is 1. The molecule has 2 amide bonds. The Morgan fingerprint density at radius 2 is 2.30 bits per heavy atom. The number of benzene rings is 1. The largest absolute Gasteiger partial charge is 0.497 e. The van der Waals surface area contributed by atoms with Gasteiger partial charge in [-0.15, -0.1) is 0 Å². The summed E-state index contributed by atoms with van der Waals surface area (Å²) in [6, 6.07) is 4.58. The first-order valence-electron chi connectivity index (χ1n) is 9.91. The van der Waals surface area contributed by atoms with E-state index >= 15 is 0 Å². The Bertz CT molecular complexity index is 904. The number of aryl methyl sites for hydroxylation is 1. The standard InChI is InChI=1S/C21H27FN4O3S/c1-26-11-9-24-20(26)30-12-10-23-18(27)5-7-21(8-6-19(28)25-21)14-15-13-16(29-2)3-4-17(15)22/h3-4,9,11,13H,5-8,10,12,14H2,1-2H3,(H,23,27)(H,25,28). The van der Waals surface area contributed by atoms with Crippen molar-refractivity contribution in [2.24, 2.45) is 7.05 Å². The maximum absolute atomic E-state index is 14.3. The smallest absolute Gasteiger partial charge is 0.220 e. The van der Waals surface area contributed by atoms with Gasteiger partial charge in [0.2, 0.25) is 11.8 Å². The Kier molecular flexibility index (Phi) is 7.36. The van der Waals surface area contributed by atoms with Crippen LogP contribution in [-0.4, -0.2) is 46.3 Å². The van der Waals surface area contributed by atoms with Crippen LogP contribution in [0.4, 0.5) is 4.39 Å². The highest BCUT2D eigenvalue weighted by molar-refractivity contribution is 7.99. The van der Waals surface area contributed by atoms with Crippen LogP contribution in [0.2, 0.25) is 0 Å². The van der Waals surface area contributed by atoms with Gasteiger partial charge in [-0.1, -0.05) is 11.8 Å². The molecule has 0 aliphatic carbocycles. The van der Waals surface area contributed by atoms with Gasteiger partial charge in [0.25, 0.3) is 0 Å². The van der Waals surface area contributed by atoms with E-state index < -0.39 is 5.54 Å². The summed E-state index contributed by atoms with van der Waals surface area (Å²) in [4.78, 5) is 28.5. The number of carbonyl (C=O) groups excluding carboxylic acids is 2. The number of methoxy groups -OCH3 is 1. The first kappa shape index (κ1) is 22.1. The average molecular weight is 435 g/mol. The molecule has 0 radical (unpaired) electrons. The minimum atomic E-state index is -0.622. The molecule has 7 nitrogen and oxygen atoms in total. The lowest BCUT2D eigenvalue weighted by Crippen LogP contribution is -2.44. The zero-order valence-electron chi connectivity index (χ0n) is 17.2. The monoisotopic (exact) mass is 434 g/mol. The molecular weight excluding hydrogens is 407 g/mol. The molecule has 2 N–H and O–H groups in total. The van der Waals surface area contributed by atoms with Crippen molar-refractivity contribution in [1.29, 1.82) is 0 Å². The van der Waals surface area contributed by atoms with E-state index in [0.717, 1.165) is 5.16 Å². The number of hydrogen-bond donors (Lipinski definition) is 2. The summed E-state index contributed by atoms with van der Waals surface area (Å²) < 4.78 is 21.4. The highest BCUT2D eigenvalue weighted by Gasteiger charge is 2.38. The number of ether oxygens (including phenoxy) is 1. The third-order valence-electron chi connectivity index (χ3n) is 5.28. The second-order valence-corrected chi connectivity index (χ2v) is 8.54. The van der Waals surface area contributed by atoms with E-state index in [4.69, 9.17) is 4.74 Å². The van der Waals surface area contributed by atoms with Crippen LogP contribution in [0.3, 0.4) is 0 Å². The summed E-state index contributed by atoms with van der Waals surface area (Å²) in [5.74, 6) is 0.793. The number of rotatable bonds is 10. The fraction of sp³-hybridized carbons (Fsp3) is 0.476. The number of carbonyl (C=O) groups is 2. The number of amides is 2. The molecule has 2 aromatic rings. The van der Waals surface area contributed by atoms with Gasteiger partial charge in [0.15, 0.2) is 5.16 Å². The van der Waals surface area contributed by atoms with Crippen LogP contribution in [0.5, 0.6) is 5.75 Å². The van der Waals surface area contributed by atoms with Gasteiger partial charge in [-0.05, 0) is 43.0 Å². The van der Waals surface area contributed by atoms with E-state index in [0.29, 0.717) is 49.3 Å². The van der Waals surface area contributed by atoms with E-state index in [2.05, 4.69) is 15.6 Å². The molecule has 1 aliphatic heterocycles. The van der Waals surface area contributed by atoms with Gasteiger partial charge in [0.05, 0.1) is 7.11 Å². The Morgan fingerprint density at radius 1 is 1.47 bits per heavy atom. The van der Waals surface area contributed by atoms with Gasteiger partial charge in [-0.2, -0.15) is 0 Å². The van der Waals surface area contributed by atoms with E-state index in [1.165, 1.54) is 13.2 Å². The second-order valence-electron chi connectivity index (χ2n) is 7.48. The molecule has 0 saturated carbocycles. The molecule has 0 bridgehead atoms. The first-order valence-corrected chi connectivity index (χ1v) is 10.9. The normalized spacial score (nSPS) is 18.3. The van der Waals surface area contributed by atoms with Crippen molar-refractivity contribution in [3.8, 4) is 5.75 Å². The van der Waals surface area contributed by atoms with Gasteiger partial charge in [0, 0.05) is 50.1 Å². The molecule has 1 aliphatic rings. The molecule has 162 valence electrons. The van der Waals surface area contributed by atoms with Gasteiger partial charge in [-0.3, -0.25) is 9.59 Å². The number of halogens is 1. The number of nitrogens with zero attached hydrogens (tertiary/aromatic N) is 2. The van der Waals surface area contributed by atoms with Crippen LogP contribution in [0.15, 0.2) is 35.7 Å². The van der Waals surface area contributed by atoms with Crippen molar-refractivity contribution in [2.45, 2.75) is 42.8 Å². The molecule has 1 atom stereocenters. The van der Waals surface area contributed by atoms with Crippen LogP contribution in [0, 0.1) is 5.82 Å². The fourth-order valence-electron chi connectivity index (χ4n) is 3.63. The summed E-state index contributed by atoms with van der Waals surface area (Å²) in [6.07, 6.45) is 5.61. The maximum Gasteiger partial charge on any atom is 0.220 e. The summed E-state index contributed by atoms with van der Waals surface area (Å²) in [5, 5.41) is 6.79. The predicted octanol–water partition coefficient (Wildman–Crippen LogP) is 2.45. The lowest BCUT2D eigenvalue weighted by atomic mass is 9.84. The van der Waals surface area contributed by atoms with Crippen LogP contribution in [0.1, 0.15) is 31.2 Å². The van der Waals surface area contributed by atoms with Gasteiger partial charge in [-0.25, -0.2) is 9.37 Å². The number of imidazole rings is 1. The molecule has 9 heteroatoms. The molecule has 30 heavy (non-hydrogen) atoms. The molecule has 2 heterocycles. The van der Waals surface area contributed by atoms with Crippen LogP contribution in [-0.2, 0) is 23.1 Å². The number of hydrogen-bond acceptors (Lipinski definition) is 5. The molecule has 0 spiro atoms. The van der Waals surface area contributed by atoms with Gasteiger partial charge < -0.3 is 19.9 Å². The van der Waals surface area contributed by atoms with Crippen molar-refractivity contribution in [3.63, 3.8) is 0 Å². The molecule has 1 aromatic carbocycles. The quantitative estimate of drug-likeness (QED) is 0.443. The summed E-state index contributed by atoms with van der Waals surface area (Å²) in [5.41, 5.74) is -0.146. The second kappa shape index (κ2) is 9.97. The Balaban J connectivity index is 1.53. The molecule has 1 fully saturated rings. The van der Waals surface area contributed by atoms with E-state index in [1.54, 1.807) is 30.1 Å². The highest BCUT2D eigenvalue weighted by Crippen LogP contribution is 2.31. The minimum Gasteiger partial charge on any atom is -0.497 e. The first-order chi connectivity index (χ1) is 14.4. The molecular formula is C21H27FN4O3S. The lowest BCUT2D eigenvalue weighted by Gasteiger charge is -2.29. The summed E-state index contributed by atoms with van der Waals surface area (Å²) >= 11 is 1.57. The van der Waals surface area contributed by atoms with Crippen molar-refractivity contribution >= 4 is 23.6 Å². The Morgan fingerprint density at radius 3 is 2.97 bits per heavy atom. The van der Waals surface area contributed by atoms with Crippen LogP contribution in [0.25, 0.3) is 0 Å². The Labute approximate surface area is 179 Å². The van der Waals surface area contributed by atoms with E-state index in [9.17, 15) is 14.0 Å². The summed E-state index contributed by atoms with van der Waals surface area (Å²) in [6.45, 7) is 0.528. The zero-order valence-corrected chi connectivity index (χ0v) is 18.1. The number of aromatic nitrogens is 2. The fourth-order valence-corrected chi connectivity index (χ4v) is 4.41. The topological polar surface area (TPSA) is 85.2 Å². The van der Waals surface area contributed by atoms with Crippen LogP contribution >= 0.6 is 11.8 Å². The SMILES string of the molecule is COc1ccc(F)c(CC2(CCC(=O)NCCSc3nccn3C)CCC(=O)N2)c1. The predicted molar refractivity (Wildman–Crippen MR) is 113 cm³/mol. The zero-order chi connectivity index (χ0) is 21.6. The molecule has 1 aromatic heterocycles. The summed E-state index contributed by atoms with van der Waals surface area (Å²) in [7, 11) is 3.45. The van der Waals surface area contributed by atoms with E-state index in [1.807, 2.05) is 17.8 Å². The third-order valence-corrected chi connectivity index (χ3v) is 6.34. The molecule has 1 unspecified atom stereocenters. The third kappa shape index (κ3) is 5.75. The van der Waals surface area contributed by atoms with Crippen molar-refractivity contribution < 1.29 is 18.7 Å². The Hall–Kier alpha value is -2.55. The van der Waals surface area contributed by atoms with Crippen molar-refractivity contribution in [2.75, 3.05) is 19.4 Å². The van der Waals surface area contributed by atoms with Crippen molar-refractivity contribution in [3.05, 3.63) is 42.0 Å². The maximum atomic E-state index is 14.3. The molecule has 3 rings (SSSR count). The van der Waals surface area contributed by atoms with Crippen LogP contribution < -0.4 is 15.4 Å². The van der Waals surface area contributed by atoms with Gasteiger partial charge >= 0.3 is 0 Å². The van der Waals surface area contributed by atoms with E-state index in [-0.39, 0.29) is 24.1 Å². The van der Waals surface area contributed by atoms with Gasteiger partial charge in [0.1, 0.15) is 11.6 Å². The highest BCUT2D eigenvalue weighted by atomic mass is 32.2.